The van der Waals surface area contributed by atoms with Gasteiger partial charge in [-0.15, -0.1) is 0 Å². The number of rotatable bonds is 5. The van der Waals surface area contributed by atoms with Gasteiger partial charge in [0, 0.05) is 29.2 Å². The van der Waals surface area contributed by atoms with Gasteiger partial charge in [-0.3, -0.25) is 0 Å². The van der Waals surface area contributed by atoms with Crippen molar-refractivity contribution in [3.05, 3.63) is 59.8 Å². The quantitative estimate of drug-likeness (QED) is 0.656. The predicted octanol–water partition coefficient (Wildman–Crippen LogP) is 5.12. The first-order chi connectivity index (χ1) is 13.1. The van der Waals surface area contributed by atoms with Gasteiger partial charge in [0.25, 0.3) is 0 Å². The van der Waals surface area contributed by atoms with Crippen LogP contribution in [0.15, 0.2) is 48.5 Å². The summed E-state index contributed by atoms with van der Waals surface area (Å²) in [4.78, 5) is 9.10. The van der Waals surface area contributed by atoms with Gasteiger partial charge < -0.3 is 20.1 Å². The Morgan fingerprint density at radius 1 is 0.926 bits per heavy atom. The Bertz CT molecular complexity index is 972. The van der Waals surface area contributed by atoms with Crippen molar-refractivity contribution in [3.8, 4) is 11.5 Å². The minimum absolute atomic E-state index is 0.253. The number of aryl methyl sites for hydroxylation is 1. The molecule has 1 aliphatic rings. The molecule has 27 heavy (non-hydrogen) atoms. The maximum atomic E-state index is 5.42. The van der Waals surface area contributed by atoms with Gasteiger partial charge in [-0.1, -0.05) is 32.0 Å². The fourth-order valence-electron chi connectivity index (χ4n) is 3.04. The average Bonchev–Trinajstić information content (AvgIpc) is 3.09. The van der Waals surface area contributed by atoms with Crippen LogP contribution in [-0.2, 0) is 0 Å². The maximum absolute atomic E-state index is 5.42. The third kappa shape index (κ3) is 3.79. The summed E-state index contributed by atoms with van der Waals surface area (Å²) in [5, 5.41) is 6.67. The van der Waals surface area contributed by atoms with Crippen molar-refractivity contribution >= 4 is 23.1 Å². The van der Waals surface area contributed by atoms with Crippen LogP contribution in [0.25, 0.3) is 0 Å². The monoisotopic (exact) mass is 362 g/mol. The predicted molar refractivity (Wildman–Crippen MR) is 106 cm³/mol. The van der Waals surface area contributed by atoms with Crippen LogP contribution in [0.5, 0.6) is 11.5 Å². The Balaban J connectivity index is 1.59. The van der Waals surface area contributed by atoms with Crippen LogP contribution in [0, 0.1) is 6.92 Å². The molecule has 2 aromatic carbocycles. The van der Waals surface area contributed by atoms with E-state index < -0.39 is 0 Å². The summed E-state index contributed by atoms with van der Waals surface area (Å²) >= 11 is 0. The number of nitrogens with one attached hydrogen (secondary N) is 2. The van der Waals surface area contributed by atoms with E-state index in [-0.39, 0.29) is 6.79 Å². The van der Waals surface area contributed by atoms with Crippen LogP contribution in [0.2, 0.25) is 0 Å². The van der Waals surface area contributed by atoms with Crippen molar-refractivity contribution in [2.45, 2.75) is 26.7 Å². The first-order valence-electron chi connectivity index (χ1n) is 8.97. The lowest BCUT2D eigenvalue weighted by Gasteiger charge is -2.15. The van der Waals surface area contributed by atoms with Gasteiger partial charge in [0.2, 0.25) is 12.7 Å². The standard InChI is InChI=1S/C21H22N4O2/c1-13(2)16-6-4-5-7-17(16)24-20-10-14(3)22-21(25-20)23-15-8-9-18-19(11-15)27-12-26-18/h4-11,13H,12H2,1-3H3,(H2,22,23,24,25). The zero-order chi connectivity index (χ0) is 18.8. The molecule has 0 fully saturated rings. The van der Waals surface area contributed by atoms with Crippen LogP contribution in [0.1, 0.15) is 31.0 Å². The third-order valence-electron chi connectivity index (χ3n) is 4.33. The molecule has 0 saturated heterocycles. The van der Waals surface area contributed by atoms with Crippen molar-refractivity contribution < 1.29 is 9.47 Å². The van der Waals surface area contributed by atoms with Crippen LogP contribution >= 0.6 is 0 Å². The molecule has 1 aliphatic heterocycles. The second-order valence-corrected chi connectivity index (χ2v) is 6.78. The van der Waals surface area contributed by atoms with E-state index in [0.29, 0.717) is 11.9 Å². The molecule has 0 aliphatic carbocycles. The lowest BCUT2D eigenvalue weighted by molar-refractivity contribution is 0.174. The van der Waals surface area contributed by atoms with Crippen LogP contribution in [0.3, 0.4) is 0 Å². The number of ether oxygens (including phenoxy) is 2. The van der Waals surface area contributed by atoms with Gasteiger partial charge in [0.15, 0.2) is 11.5 Å². The molecule has 0 spiro atoms. The molecule has 0 radical (unpaired) electrons. The first-order valence-corrected chi connectivity index (χ1v) is 8.97. The van der Waals surface area contributed by atoms with Crippen LogP contribution < -0.4 is 20.1 Å². The molecule has 0 bridgehead atoms. The molecular weight excluding hydrogens is 340 g/mol. The van der Waals surface area contributed by atoms with Gasteiger partial charge in [-0.2, -0.15) is 4.98 Å². The number of hydrogen-bond acceptors (Lipinski definition) is 6. The molecule has 0 unspecified atom stereocenters. The van der Waals surface area contributed by atoms with E-state index in [2.05, 4.69) is 52.6 Å². The minimum atomic E-state index is 0.253. The second-order valence-electron chi connectivity index (χ2n) is 6.78. The van der Waals surface area contributed by atoms with E-state index in [1.165, 1.54) is 5.56 Å². The van der Waals surface area contributed by atoms with Gasteiger partial charge in [-0.25, -0.2) is 4.98 Å². The lowest BCUT2D eigenvalue weighted by Crippen LogP contribution is -2.04. The van der Waals surface area contributed by atoms with Crippen molar-refractivity contribution in [2.75, 3.05) is 17.4 Å². The van der Waals surface area contributed by atoms with E-state index in [4.69, 9.17) is 9.47 Å². The molecular formula is C21H22N4O2. The largest absolute Gasteiger partial charge is 0.454 e. The van der Waals surface area contributed by atoms with Gasteiger partial charge in [0.05, 0.1) is 0 Å². The zero-order valence-electron chi connectivity index (χ0n) is 15.6. The highest BCUT2D eigenvalue weighted by molar-refractivity contribution is 5.64. The minimum Gasteiger partial charge on any atom is -0.454 e. The summed E-state index contributed by atoms with van der Waals surface area (Å²) in [6.07, 6.45) is 0. The molecule has 0 atom stereocenters. The summed E-state index contributed by atoms with van der Waals surface area (Å²) in [7, 11) is 0. The Morgan fingerprint density at radius 2 is 1.74 bits per heavy atom. The fraction of sp³-hybridized carbons (Fsp3) is 0.238. The van der Waals surface area contributed by atoms with E-state index in [1.54, 1.807) is 0 Å². The van der Waals surface area contributed by atoms with E-state index in [9.17, 15) is 0 Å². The van der Waals surface area contributed by atoms with Crippen molar-refractivity contribution in [2.24, 2.45) is 0 Å². The zero-order valence-corrected chi connectivity index (χ0v) is 15.6. The average molecular weight is 362 g/mol. The Labute approximate surface area is 158 Å². The van der Waals surface area contributed by atoms with E-state index in [1.807, 2.05) is 37.3 Å². The van der Waals surface area contributed by atoms with Crippen molar-refractivity contribution in [3.63, 3.8) is 0 Å². The fourth-order valence-corrected chi connectivity index (χ4v) is 3.04. The van der Waals surface area contributed by atoms with E-state index in [0.717, 1.165) is 34.4 Å². The molecule has 138 valence electrons. The Hall–Kier alpha value is -3.28. The van der Waals surface area contributed by atoms with Gasteiger partial charge in [0.1, 0.15) is 5.82 Å². The van der Waals surface area contributed by atoms with Crippen LogP contribution in [0.4, 0.5) is 23.1 Å². The number of aromatic nitrogens is 2. The number of nitrogens with zero attached hydrogens (tertiary/aromatic N) is 2. The summed E-state index contributed by atoms with van der Waals surface area (Å²) < 4.78 is 10.8. The highest BCUT2D eigenvalue weighted by atomic mass is 16.7. The third-order valence-corrected chi connectivity index (χ3v) is 4.33. The van der Waals surface area contributed by atoms with Gasteiger partial charge in [-0.05, 0) is 36.6 Å². The molecule has 6 nitrogen and oxygen atoms in total. The van der Waals surface area contributed by atoms with Crippen molar-refractivity contribution in [1.29, 1.82) is 0 Å². The SMILES string of the molecule is Cc1cc(Nc2ccccc2C(C)C)nc(Nc2ccc3c(c2)OCO3)n1. The number of fused-ring (bicyclic) bond motifs is 1. The number of para-hydroxylation sites is 1. The summed E-state index contributed by atoms with van der Waals surface area (Å²) in [5.74, 6) is 3.16. The molecule has 4 rings (SSSR count). The summed E-state index contributed by atoms with van der Waals surface area (Å²) in [6.45, 7) is 6.56. The highest BCUT2D eigenvalue weighted by Gasteiger charge is 2.14. The van der Waals surface area contributed by atoms with Crippen LogP contribution in [-0.4, -0.2) is 16.8 Å². The van der Waals surface area contributed by atoms with Crippen molar-refractivity contribution in [1.82, 2.24) is 9.97 Å². The lowest BCUT2D eigenvalue weighted by atomic mass is 10.0. The summed E-state index contributed by atoms with van der Waals surface area (Å²) in [6, 6.07) is 15.9. The number of anilines is 4. The molecule has 0 amide bonds. The Kier molecular flexibility index (Phi) is 4.54. The molecule has 0 saturated carbocycles. The smallest absolute Gasteiger partial charge is 0.231 e. The van der Waals surface area contributed by atoms with Gasteiger partial charge >= 0.3 is 0 Å². The van der Waals surface area contributed by atoms with E-state index >= 15 is 0 Å². The molecule has 6 heteroatoms. The Morgan fingerprint density at radius 3 is 2.59 bits per heavy atom. The molecule has 3 aromatic rings. The number of hydrogen-bond donors (Lipinski definition) is 2. The maximum Gasteiger partial charge on any atom is 0.231 e. The molecule has 2 N–H and O–H groups in total. The first kappa shape index (κ1) is 17.1. The second kappa shape index (κ2) is 7.15. The highest BCUT2D eigenvalue weighted by Crippen LogP contribution is 2.35. The number of benzene rings is 2. The topological polar surface area (TPSA) is 68.3 Å². The normalized spacial score (nSPS) is 12.3. The molecule has 2 heterocycles. The summed E-state index contributed by atoms with van der Waals surface area (Å²) in [5.41, 5.74) is 4.02. The molecule has 1 aromatic heterocycles.